The third-order valence-electron chi connectivity index (χ3n) is 4.71. The maximum absolute atomic E-state index is 12.5. The molecule has 2 aliphatic rings. The molecule has 5 heteroatoms. The molecule has 1 aliphatic heterocycles. The van der Waals surface area contributed by atoms with Crippen LogP contribution < -0.4 is 5.32 Å². The van der Waals surface area contributed by atoms with Crippen molar-refractivity contribution in [2.45, 2.75) is 32.7 Å². The molecule has 1 heterocycles. The minimum Gasteiger partial charge on any atom is -0.324 e. The number of carbonyl (C=O) groups excluding carboxylic acids is 3. The van der Waals surface area contributed by atoms with E-state index in [9.17, 15) is 14.4 Å². The van der Waals surface area contributed by atoms with Crippen molar-refractivity contribution in [2.24, 2.45) is 11.8 Å². The van der Waals surface area contributed by atoms with Gasteiger partial charge in [0.2, 0.25) is 17.7 Å². The first-order chi connectivity index (χ1) is 11.0. The molecule has 3 rings (SSSR count). The summed E-state index contributed by atoms with van der Waals surface area (Å²) in [5.41, 5.74) is 1.63. The van der Waals surface area contributed by atoms with Crippen molar-refractivity contribution >= 4 is 23.4 Å². The van der Waals surface area contributed by atoms with E-state index in [-0.39, 0.29) is 29.6 Å². The molecule has 3 atom stereocenters. The highest BCUT2D eigenvalue weighted by Gasteiger charge is 2.50. The van der Waals surface area contributed by atoms with Gasteiger partial charge in [-0.25, -0.2) is 0 Å². The third kappa shape index (κ3) is 2.67. The number of amides is 3. The quantitative estimate of drug-likeness (QED) is 0.688. The molecular weight excluding hydrogens is 292 g/mol. The van der Waals surface area contributed by atoms with E-state index < -0.39 is 6.04 Å². The van der Waals surface area contributed by atoms with Gasteiger partial charge in [-0.15, -0.1) is 0 Å². The number of para-hydroxylation sites is 1. The first-order valence-corrected chi connectivity index (χ1v) is 7.89. The zero-order valence-electron chi connectivity index (χ0n) is 13.3. The second-order valence-corrected chi connectivity index (χ2v) is 6.18. The Morgan fingerprint density at radius 3 is 2.26 bits per heavy atom. The second-order valence-electron chi connectivity index (χ2n) is 6.18. The monoisotopic (exact) mass is 312 g/mol. The maximum Gasteiger partial charge on any atom is 0.247 e. The fraction of sp³-hybridized carbons (Fsp3) is 0.389. The lowest BCUT2D eigenvalue weighted by Crippen LogP contribution is -2.46. The first kappa shape index (κ1) is 15.5. The highest BCUT2D eigenvalue weighted by molar-refractivity contribution is 6.10. The summed E-state index contributed by atoms with van der Waals surface area (Å²) in [5, 5.41) is 2.81. The number of hydrogen-bond donors (Lipinski definition) is 1. The van der Waals surface area contributed by atoms with Crippen molar-refractivity contribution in [3.63, 3.8) is 0 Å². The Hall–Kier alpha value is -2.43. The van der Waals surface area contributed by atoms with Gasteiger partial charge in [0.1, 0.15) is 6.04 Å². The molecule has 0 radical (unpaired) electrons. The van der Waals surface area contributed by atoms with E-state index >= 15 is 0 Å². The highest BCUT2D eigenvalue weighted by Crippen LogP contribution is 2.36. The van der Waals surface area contributed by atoms with Crippen LogP contribution in [0.25, 0.3) is 0 Å². The molecule has 1 aromatic carbocycles. The van der Waals surface area contributed by atoms with Gasteiger partial charge >= 0.3 is 0 Å². The van der Waals surface area contributed by atoms with Gasteiger partial charge in [-0.2, -0.15) is 0 Å². The molecule has 0 aromatic heterocycles. The van der Waals surface area contributed by atoms with Crippen molar-refractivity contribution in [1.29, 1.82) is 0 Å². The molecule has 1 N–H and O–H groups in total. The Morgan fingerprint density at radius 1 is 1.13 bits per heavy atom. The number of likely N-dealkylation sites (tertiary alicyclic amines) is 1. The zero-order valence-corrected chi connectivity index (χ0v) is 13.3. The number of hydrogen-bond acceptors (Lipinski definition) is 3. The van der Waals surface area contributed by atoms with Crippen molar-refractivity contribution < 1.29 is 14.4 Å². The average molecular weight is 312 g/mol. The second kappa shape index (κ2) is 5.99. The van der Waals surface area contributed by atoms with E-state index in [1.165, 1.54) is 0 Å². The van der Waals surface area contributed by atoms with Crippen LogP contribution in [0.3, 0.4) is 0 Å². The number of nitrogens with one attached hydrogen (secondary N) is 1. The first-order valence-electron chi connectivity index (χ1n) is 7.89. The summed E-state index contributed by atoms with van der Waals surface area (Å²) in [6.07, 6.45) is 5.04. The van der Waals surface area contributed by atoms with Crippen LogP contribution in [0.2, 0.25) is 0 Å². The van der Waals surface area contributed by atoms with Gasteiger partial charge in [-0.1, -0.05) is 30.4 Å². The Kier molecular flexibility index (Phi) is 4.03. The van der Waals surface area contributed by atoms with Crippen LogP contribution in [0.1, 0.15) is 25.3 Å². The largest absolute Gasteiger partial charge is 0.324 e. The van der Waals surface area contributed by atoms with Gasteiger partial charge in [0.05, 0.1) is 11.8 Å². The van der Waals surface area contributed by atoms with E-state index in [0.717, 1.165) is 10.5 Å². The van der Waals surface area contributed by atoms with Crippen LogP contribution in [0.15, 0.2) is 36.4 Å². The number of anilines is 1. The lowest BCUT2D eigenvalue weighted by molar-refractivity contribution is -0.146. The normalized spacial score (nSPS) is 24.5. The number of rotatable bonds is 3. The fourth-order valence-electron chi connectivity index (χ4n) is 3.28. The Labute approximate surface area is 135 Å². The fourth-order valence-corrected chi connectivity index (χ4v) is 3.28. The zero-order chi connectivity index (χ0) is 16.6. The van der Waals surface area contributed by atoms with Crippen molar-refractivity contribution in [2.75, 3.05) is 5.32 Å². The predicted octanol–water partition coefficient (Wildman–Crippen LogP) is 2.27. The lowest BCUT2D eigenvalue weighted by atomic mass is 9.85. The molecule has 1 aromatic rings. The molecule has 23 heavy (non-hydrogen) atoms. The smallest absolute Gasteiger partial charge is 0.247 e. The molecule has 1 saturated heterocycles. The number of allylic oxidation sites excluding steroid dienone is 2. The van der Waals surface area contributed by atoms with Gasteiger partial charge < -0.3 is 5.32 Å². The number of nitrogens with zero attached hydrogens (tertiary/aromatic N) is 1. The van der Waals surface area contributed by atoms with Crippen LogP contribution in [0.5, 0.6) is 0 Å². The number of benzene rings is 1. The van der Waals surface area contributed by atoms with Crippen LogP contribution in [0.4, 0.5) is 5.69 Å². The Morgan fingerprint density at radius 2 is 1.70 bits per heavy atom. The van der Waals surface area contributed by atoms with E-state index in [1.807, 2.05) is 37.3 Å². The topological polar surface area (TPSA) is 66.5 Å². The summed E-state index contributed by atoms with van der Waals surface area (Å²) in [7, 11) is 0. The molecule has 0 saturated carbocycles. The van der Waals surface area contributed by atoms with Gasteiger partial charge in [0, 0.05) is 5.69 Å². The van der Waals surface area contributed by atoms with Crippen molar-refractivity contribution in [3.05, 3.63) is 42.0 Å². The van der Waals surface area contributed by atoms with Crippen molar-refractivity contribution in [3.8, 4) is 0 Å². The molecule has 5 nitrogen and oxygen atoms in total. The van der Waals surface area contributed by atoms with Crippen LogP contribution in [-0.4, -0.2) is 28.7 Å². The molecule has 3 amide bonds. The van der Waals surface area contributed by atoms with Crippen LogP contribution in [-0.2, 0) is 14.4 Å². The lowest BCUT2D eigenvalue weighted by Gasteiger charge is -2.22. The number of fused-ring (bicyclic) bond motifs is 1. The summed E-state index contributed by atoms with van der Waals surface area (Å²) in [5.74, 6) is -1.40. The minimum atomic E-state index is -0.805. The molecular formula is C18H20N2O3. The van der Waals surface area contributed by atoms with Gasteiger partial charge in [-0.3, -0.25) is 19.3 Å². The third-order valence-corrected chi connectivity index (χ3v) is 4.71. The van der Waals surface area contributed by atoms with E-state index in [0.29, 0.717) is 18.5 Å². The molecule has 0 bridgehead atoms. The van der Waals surface area contributed by atoms with Crippen LogP contribution >= 0.6 is 0 Å². The summed E-state index contributed by atoms with van der Waals surface area (Å²) >= 11 is 0. The minimum absolute atomic E-state index is 0.225. The molecule has 0 unspecified atom stereocenters. The molecule has 0 spiro atoms. The van der Waals surface area contributed by atoms with E-state index in [4.69, 9.17) is 0 Å². The number of carbonyl (C=O) groups is 3. The Balaban J connectivity index is 1.76. The summed E-state index contributed by atoms with van der Waals surface area (Å²) in [4.78, 5) is 38.6. The summed E-state index contributed by atoms with van der Waals surface area (Å²) < 4.78 is 0. The van der Waals surface area contributed by atoms with Crippen molar-refractivity contribution in [1.82, 2.24) is 4.90 Å². The number of imide groups is 1. The highest BCUT2D eigenvalue weighted by atomic mass is 16.2. The molecule has 1 aliphatic carbocycles. The maximum atomic E-state index is 12.5. The van der Waals surface area contributed by atoms with Crippen LogP contribution in [0, 0.1) is 18.8 Å². The van der Waals surface area contributed by atoms with Gasteiger partial charge in [0.25, 0.3) is 0 Å². The Bertz CT molecular complexity index is 669. The number of aryl methyl sites for hydroxylation is 1. The van der Waals surface area contributed by atoms with Gasteiger partial charge in [0.15, 0.2) is 0 Å². The standard InChI is InChI=1S/C18H20N2O3/c1-11-7-3-6-10-15(11)19-16(21)12(2)20-17(22)13-8-4-5-9-14(13)18(20)23/h3-7,10,12-14H,8-9H2,1-2H3,(H,19,21)/t12-,13+,14+/m0/s1. The van der Waals surface area contributed by atoms with E-state index in [2.05, 4.69) is 5.32 Å². The molecule has 1 fully saturated rings. The van der Waals surface area contributed by atoms with E-state index in [1.54, 1.807) is 13.0 Å². The van der Waals surface area contributed by atoms with Gasteiger partial charge in [-0.05, 0) is 38.3 Å². The summed E-state index contributed by atoms with van der Waals surface area (Å²) in [6.45, 7) is 3.50. The molecule has 120 valence electrons. The predicted molar refractivity (Wildman–Crippen MR) is 86.5 cm³/mol. The SMILES string of the molecule is Cc1ccccc1NC(=O)[C@H](C)N1C(=O)[C@@H]2CC=CC[C@H]2C1=O. The summed E-state index contributed by atoms with van der Waals surface area (Å²) in [6, 6.07) is 6.61. The average Bonchev–Trinajstić information content (AvgIpc) is 2.81.